The lowest BCUT2D eigenvalue weighted by molar-refractivity contribution is -0.0703. The van der Waals surface area contributed by atoms with E-state index in [1.807, 2.05) is 28.9 Å². The highest BCUT2D eigenvalue weighted by atomic mass is 16.5. The summed E-state index contributed by atoms with van der Waals surface area (Å²) in [5.74, 6) is 2.10. The third-order valence-electron chi connectivity index (χ3n) is 4.79. The Labute approximate surface area is 126 Å². The number of ether oxygens (including phenoxy) is 1. The Hall–Kier alpha value is -1.42. The first-order chi connectivity index (χ1) is 10.1. The van der Waals surface area contributed by atoms with E-state index < -0.39 is 0 Å². The van der Waals surface area contributed by atoms with Crippen LogP contribution in [-0.2, 0) is 11.5 Å². The SMILES string of the molecule is CC(C)[C@H]1CC[C@H](C)CC1OCn1nnc2ccccc21. The van der Waals surface area contributed by atoms with Crippen molar-refractivity contribution in [1.29, 1.82) is 0 Å². The van der Waals surface area contributed by atoms with Crippen LogP contribution in [0.15, 0.2) is 24.3 Å². The van der Waals surface area contributed by atoms with Crippen LogP contribution in [0.2, 0.25) is 0 Å². The molecule has 3 rings (SSSR count). The van der Waals surface area contributed by atoms with Gasteiger partial charge in [0.25, 0.3) is 0 Å². The first-order valence-electron chi connectivity index (χ1n) is 8.05. The minimum Gasteiger partial charge on any atom is -0.356 e. The van der Waals surface area contributed by atoms with Gasteiger partial charge in [0.2, 0.25) is 0 Å². The fourth-order valence-electron chi connectivity index (χ4n) is 3.49. The van der Waals surface area contributed by atoms with E-state index in [0.29, 0.717) is 24.7 Å². The smallest absolute Gasteiger partial charge is 0.142 e. The molecule has 4 nitrogen and oxygen atoms in total. The van der Waals surface area contributed by atoms with Gasteiger partial charge in [-0.25, -0.2) is 4.68 Å². The van der Waals surface area contributed by atoms with Crippen molar-refractivity contribution >= 4 is 11.0 Å². The second-order valence-electron chi connectivity index (χ2n) is 6.74. The summed E-state index contributed by atoms with van der Waals surface area (Å²) in [4.78, 5) is 0. The molecular formula is C17H25N3O. The highest BCUT2D eigenvalue weighted by Crippen LogP contribution is 2.35. The molecule has 0 radical (unpaired) electrons. The van der Waals surface area contributed by atoms with Crippen LogP contribution >= 0.6 is 0 Å². The third kappa shape index (κ3) is 3.10. The summed E-state index contributed by atoms with van der Waals surface area (Å²) in [5, 5.41) is 8.39. The Morgan fingerprint density at radius 2 is 2.10 bits per heavy atom. The lowest BCUT2D eigenvalue weighted by atomic mass is 9.75. The van der Waals surface area contributed by atoms with E-state index in [4.69, 9.17) is 4.74 Å². The Bertz CT molecular complexity index is 592. The molecule has 1 aromatic carbocycles. The van der Waals surface area contributed by atoms with Crippen molar-refractivity contribution in [2.75, 3.05) is 0 Å². The minimum atomic E-state index is 0.344. The average Bonchev–Trinajstić information content (AvgIpc) is 2.88. The molecule has 1 aromatic heterocycles. The second-order valence-corrected chi connectivity index (χ2v) is 6.74. The molecule has 2 aromatic rings. The van der Waals surface area contributed by atoms with Crippen molar-refractivity contribution < 1.29 is 4.74 Å². The Kier molecular flexibility index (Phi) is 4.24. The monoisotopic (exact) mass is 287 g/mol. The first-order valence-corrected chi connectivity index (χ1v) is 8.05. The van der Waals surface area contributed by atoms with Gasteiger partial charge in [0, 0.05) is 0 Å². The maximum Gasteiger partial charge on any atom is 0.142 e. The number of rotatable bonds is 4. The number of aromatic nitrogens is 3. The van der Waals surface area contributed by atoms with Crippen molar-refractivity contribution in [3.63, 3.8) is 0 Å². The predicted molar refractivity (Wildman–Crippen MR) is 83.7 cm³/mol. The fourth-order valence-corrected chi connectivity index (χ4v) is 3.49. The molecule has 0 aliphatic heterocycles. The molecule has 0 spiro atoms. The molecular weight excluding hydrogens is 262 g/mol. The van der Waals surface area contributed by atoms with E-state index in [1.165, 1.54) is 12.8 Å². The molecule has 3 atom stereocenters. The highest BCUT2D eigenvalue weighted by Gasteiger charge is 2.31. The van der Waals surface area contributed by atoms with Crippen LogP contribution in [0.5, 0.6) is 0 Å². The van der Waals surface area contributed by atoms with Gasteiger partial charge in [-0.3, -0.25) is 0 Å². The molecule has 0 saturated heterocycles. The van der Waals surface area contributed by atoms with Gasteiger partial charge in [0.1, 0.15) is 12.2 Å². The molecule has 0 bridgehead atoms. The molecule has 4 heteroatoms. The van der Waals surface area contributed by atoms with Gasteiger partial charge in [0.15, 0.2) is 0 Å². The summed E-state index contributed by atoms with van der Waals surface area (Å²) in [5.41, 5.74) is 1.97. The van der Waals surface area contributed by atoms with Gasteiger partial charge in [-0.15, -0.1) is 5.10 Å². The topological polar surface area (TPSA) is 39.9 Å². The maximum atomic E-state index is 6.24. The molecule has 1 heterocycles. The second kappa shape index (κ2) is 6.14. The number of hydrogen-bond acceptors (Lipinski definition) is 3. The lowest BCUT2D eigenvalue weighted by Gasteiger charge is -2.37. The molecule has 1 saturated carbocycles. The van der Waals surface area contributed by atoms with Crippen LogP contribution in [-0.4, -0.2) is 21.1 Å². The van der Waals surface area contributed by atoms with Gasteiger partial charge in [-0.2, -0.15) is 0 Å². The van der Waals surface area contributed by atoms with Crippen molar-refractivity contribution in [1.82, 2.24) is 15.0 Å². The zero-order valence-corrected chi connectivity index (χ0v) is 13.2. The van der Waals surface area contributed by atoms with E-state index >= 15 is 0 Å². The van der Waals surface area contributed by atoms with E-state index in [2.05, 4.69) is 31.1 Å². The largest absolute Gasteiger partial charge is 0.356 e. The molecule has 1 aliphatic rings. The van der Waals surface area contributed by atoms with Crippen LogP contribution in [0.25, 0.3) is 11.0 Å². The number of para-hydroxylation sites is 1. The van der Waals surface area contributed by atoms with Crippen LogP contribution in [0.3, 0.4) is 0 Å². The zero-order chi connectivity index (χ0) is 14.8. The lowest BCUT2D eigenvalue weighted by Crippen LogP contribution is -2.34. The number of hydrogen-bond donors (Lipinski definition) is 0. The molecule has 1 aliphatic carbocycles. The molecule has 114 valence electrons. The summed E-state index contributed by atoms with van der Waals surface area (Å²) in [7, 11) is 0. The Morgan fingerprint density at radius 1 is 1.29 bits per heavy atom. The van der Waals surface area contributed by atoms with Crippen molar-refractivity contribution in [3.8, 4) is 0 Å². The van der Waals surface area contributed by atoms with Gasteiger partial charge in [-0.05, 0) is 42.7 Å². The zero-order valence-electron chi connectivity index (χ0n) is 13.2. The van der Waals surface area contributed by atoms with Gasteiger partial charge in [0.05, 0.1) is 11.6 Å². The predicted octanol–water partition coefficient (Wildman–Crippen LogP) is 3.87. The van der Waals surface area contributed by atoms with Crippen LogP contribution in [0, 0.1) is 17.8 Å². The van der Waals surface area contributed by atoms with E-state index in [0.717, 1.165) is 23.4 Å². The summed E-state index contributed by atoms with van der Waals surface area (Å²) in [6.07, 6.45) is 4.11. The van der Waals surface area contributed by atoms with Crippen LogP contribution in [0.4, 0.5) is 0 Å². The highest BCUT2D eigenvalue weighted by molar-refractivity contribution is 5.73. The van der Waals surface area contributed by atoms with Crippen molar-refractivity contribution in [3.05, 3.63) is 24.3 Å². The quantitative estimate of drug-likeness (QED) is 0.857. The standard InChI is InChI=1S/C17H25N3O/c1-12(2)14-9-8-13(3)10-17(14)21-11-20-16-7-5-4-6-15(16)18-19-20/h4-7,12-14,17H,8-11H2,1-3H3/t13-,14+,17?/m0/s1. The van der Waals surface area contributed by atoms with Crippen molar-refractivity contribution in [2.45, 2.75) is 52.9 Å². The number of fused-ring (bicyclic) bond motifs is 1. The average molecular weight is 287 g/mol. The number of benzene rings is 1. The Morgan fingerprint density at radius 3 is 2.90 bits per heavy atom. The van der Waals surface area contributed by atoms with Crippen molar-refractivity contribution in [2.24, 2.45) is 17.8 Å². The van der Waals surface area contributed by atoms with Crippen LogP contribution < -0.4 is 0 Å². The summed E-state index contributed by atoms with van der Waals surface area (Å²) in [6, 6.07) is 8.03. The maximum absolute atomic E-state index is 6.24. The molecule has 21 heavy (non-hydrogen) atoms. The molecule has 0 amide bonds. The molecule has 1 fully saturated rings. The van der Waals surface area contributed by atoms with Gasteiger partial charge >= 0.3 is 0 Å². The summed E-state index contributed by atoms with van der Waals surface area (Å²) < 4.78 is 8.11. The summed E-state index contributed by atoms with van der Waals surface area (Å²) in [6.45, 7) is 7.45. The van der Waals surface area contributed by atoms with Gasteiger partial charge < -0.3 is 4.74 Å². The Balaban J connectivity index is 1.70. The van der Waals surface area contributed by atoms with E-state index in [-0.39, 0.29) is 0 Å². The normalized spacial score (nSPS) is 26.6. The fraction of sp³-hybridized carbons (Fsp3) is 0.647. The third-order valence-corrected chi connectivity index (χ3v) is 4.79. The van der Waals surface area contributed by atoms with Gasteiger partial charge in [-0.1, -0.05) is 44.5 Å². The number of nitrogens with zero attached hydrogens (tertiary/aromatic N) is 3. The van der Waals surface area contributed by atoms with Crippen LogP contribution in [0.1, 0.15) is 40.0 Å². The molecule has 0 N–H and O–H groups in total. The summed E-state index contributed by atoms with van der Waals surface area (Å²) >= 11 is 0. The molecule has 1 unspecified atom stereocenters. The van der Waals surface area contributed by atoms with E-state index in [9.17, 15) is 0 Å². The first kappa shape index (κ1) is 14.5. The minimum absolute atomic E-state index is 0.344. The van der Waals surface area contributed by atoms with E-state index in [1.54, 1.807) is 0 Å².